The van der Waals surface area contributed by atoms with Gasteiger partial charge in [0.1, 0.15) is 11.6 Å². The minimum Gasteiger partial charge on any atom is -0.493 e. The summed E-state index contributed by atoms with van der Waals surface area (Å²) >= 11 is 0. The Morgan fingerprint density at radius 1 is 1.33 bits per heavy atom. The van der Waals surface area contributed by atoms with Crippen molar-refractivity contribution in [1.82, 2.24) is 0 Å². The van der Waals surface area contributed by atoms with Gasteiger partial charge in [0.05, 0.1) is 6.61 Å². The Kier molecular flexibility index (Phi) is 4.09. The Morgan fingerprint density at radius 2 is 2.00 bits per heavy atom. The van der Waals surface area contributed by atoms with E-state index in [1.807, 2.05) is 6.92 Å². The smallest absolute Gasteiger partial charge is 0.124 e. The topological polar surface area (TPSA) is 35.2 Å². The molecule has 0 aliphatic heterocycles. The van der Waals surface area contributed by atoms with Crippen LogP contribution in [0.5, 0.6) is 5.75 Å². The maximum Gasteiger partial charge on any atom is 0.124 e. The van der Waals surface area contributed by atoms with Gasteiger partial charge in [0, 0.05) is 11.6 Å². The normalized spacial score (nSPS) is 12.9. The highest BCUT2D eigenvalue weighted by Gasteiger charge is 2.09. The van der Waals surface area contributed by atoms with E-state index in [-0.39, 0.29) is 11.9 Å². The van der Waals surface area contributed by atoms with E-state index < -0.39 is 0 Å². The molecule has 0 aromatic heterocycles. The first-order valence-corrected chi connectivity index (χ1v) is 5.18. The average Bonchev–Trinajstić information content (AvgIpc) is 2.15. The predicted octanol–water partition coefficient (Wildman–Crippen LogP) is 2.88. The molecule has 0 heterocycles. The molecule has 0 fully saturated rings. The molecule has 1 aromatic rings. The second kappa shape index (κ2) is 5.12. The van der Waals surface area contributed by atoms with Crippen LogP contribution in [0.2, 0.25) is 0 Å². The van der Waals surface area contributed by atoms with Crippen LogP contribution in [-0.2, 0) is 0 Å². The van der Waals surface area contributed by atoms with Crippen LogP contribution >= 0.6 is 0 Å². The van der Waals surface area contributed by atoms with Crippen LogP contribution in [0.3, 0.4) is 0 Å². The molecule has 1 rings (SSSR count). The van der Waals surface area contributed by atoms with Gasteiger partial charge in [-0.2, -0.15) is 0 Å². The number of hydrogen-bond donors (Lipinski definition) is 1. The van der Waals surface area contributed by atoms with Gasteiger partial charge in [0.15, 0.2) is 0 Å². The lowest BCUT2D eigenvalue weighted by Crippen LogP contribution is -2.11. The quantitative estimate of drug-likeness (QED) is 0.831. The second-order valence-electron chi connectivity index (χ2n) is 4.18. The Bertz CT molecular complexity index is 323. The fraction of sp³-hybridized carbons (Fsp3) is 0.500. The lowest BCUT2D eigenvalue weighted by atomic mass is 10.1. The molecule has 3 heteroatoms. The van der Waals surface area contributed by atoms with Gasteiger partial charge in [-0.1, -0.05) is 13.8 Å². The molecule has 0 aliphatic carbocycles. The fourth-order valence-electron chi connectivity index (χ4n) is 1.26. The molecule has 0 aliphatic rings. The van der Waals surface area contributed by atoms with E-state index in [2.05, 4.69) is 13.8 Å². The minimum atomic E-state index is -0.279. The van der Waals surface area contributed by atoms with Crippen molar-refractivity contribution in [1.29, 1.82) is 0 Å². The van der Waals surface area contributed by atoms with Crippen molar-refractivity contribution in [2.75, 3.05) is 6.61 Å². The van der Waals surface area contributed by atoms with Crippen molar-refractivity contribution in [3.63, 3.8) is 0 Å². The molecule has 1 aromatic carbocycles. The van der Waals surface area contributed by atoms with Gasteiger partial charge in [0.2, 0.25) is 0 Å². The molecule has 2 N–H and O–H groups in total. The van der Waals surface area contributed by atoms with Crippen LogP contribution < -0.4 is 10.5 Å². The van der Waals surface area contributed by atoms with Crippen molar-refractivity contribution in [3.05, 3.63) is 29.6 Å². The van der Waals surface area contributed by atoms with Crippen molar-refractivity contribution in [2.45, 2.75) is 26.8 Å². The van der Waals surface area contributed by atoms with Crippen LogP contribution in [0.15, 0.2) is 18.2 Å². The summed E-state index contributed by atoms with van der Waals surface area (Å²) in [6, 6.07) is 4.24. The van der Waals surface area contributed by atoms with Crippen LogP contribution in [0, 0.1) is 11.7 Å². The SMILES string of the molecule is CC(C)COc1ccc(F)cc1C(C)N. The Balaban J connectivity index is 2.86. The molecule has 1 atom stereocenters. The van der Waals surface area contributed by atoms with E-state index >= 15 is 0 Å². The average molecular weight is 211 g/mol. The van der Waals surface area contributed by atoms with Crippen LogP contribution in [0.1, 0.15) is 32.4 Å². The molecular formula is C12H18FNO. The van der Waals surface area contributed by atoms with Crippen molar-refractivity contribution in [3.8, 4) is 5.75 Å². The minimum absolute atomic E-state index is 0.220. The number of benzene rings is 1. The van der Waals surface area contributed by atoms with E-state index in [4.69, 9.17) is 10.5 Å². The third-order valence-electron chi connectivity index (χ3n) is 2.03. The zero-order chi connectivity index (χ0) is 11.4. The summed E-state index contributed by atoms with van der Waals surface area (Å²) in [5, 5.41) is 0. The van der Waals surface area contributed by atoms with E-state index in [9.17, 15) is 4.39 Å². The molecule has 0 radical (unpaired) electrons. The van der Waals surface area contributed by atoms with E-state index in [1.165, 1.54) is 12.1 Å². The molecule has 2 nitrogen and oxygen atoms in total. The molecule has 15 heavy (non-hydrogen) atoms. The van der Waals surface area contributed by atoms with Crippen molar-refractivity contribution >= 4 is 0 Å². The first kappa shape index (κ1) is 12.0. The van der Waals surface area contributed by atoms with E-state index in [0.29, 0.717) is 18.3 Å². The van der Waals surface area contributed by atoms with E-state index in [1.54, 1.807) is 6.07 Å². The zero-order valence-corrected chi connectivity index (χ0v) is 9.46. The monoisotopic (exact) mass is 211 g/mol. The Labute approximate surface area is 90.2 Å². The molecule has 0 spiro atoms. The Morgan fingerprint density at radius 3 is 2.53 bits per heavy atom. The predicted molar refractivity (Wildman–Crippen MR) is 59.3 cm³/mol. The Hall–Kier alpha value is -1.09. The molecule has 1 unspecified atom stereocenters. The van der Waals surface area contributed by atoms with Gasteiger partial charge in [-0.3, -0.25) is 0 Å². The second-order valence-corrected chi connectivity index (χ2v) is 4.18. The number of halogens is 1. The lowest BCUT2D eigenvalue weighted by molar-refractivity contribution is 0.267. The summed E-state index contributed by atoms with van der Waals surface area (Å²) in [7, 11) is 0. The number of hydrogen-bond acceptors (Lipinski definition) is 2. The molecule has 0 bridgehead atoms. The van der Waals surface area contributed by atoms with Gasteiger partial charge in [0.25, 0.3) is 0 Å². The highest BCUT2D eigenvalue weighted by atomic mass is 19.1. The zero-order valence-electron chi connectivity index (χ0n) is 9.46. The van der Waals surface area contributed by atoms with Gasteiger partial charge in [-0.05, 0) is 31.0 Å². The van der Waals surface area contributed by atoms with Crippen LogP contribution in [0.25, 0.3) is 0 Å². The molecule has 0 amide bonds. The maximum atomic E-state index is 13.0. The van der Waals surface area contributed by atoms with E-state index in [0.717, 1.165) is 5.56 Å². The van der Waals surface area contributed by atoms with Gasteiger partial charge in [-0.25, -0.2) is 4.39 Å². The molecule has 0 saturated carbocycles. The fourth-order valence-corrected chi connectivity index (χ4v) is 1.26. The van der Waals surface area contributed by atoms with Gasteiger partial charge < -0.3 is 10.5 Å². The third-order valence-corrected chi connectivity index (χ3v) is 2.03. The lowest BCUT2D eigenvalue weighted by Gasteiger charge is -2.15. The largest absolute Gasteiger partial charge is 0.493 e. The molecular weight excluding hydrogens is 193 g/mol. The summed E-state index contributed by atoms with van der Waals surface area (Å²) in [5.41, 5.74) is 6.46. The number of ether oxygens (including phenoxy) is 1. The molecule has 84 valence electrons. The highest BCUT2D eigenvalue weighted by molar-refractivity contribution is 5.36. The summed E-state index contributed by atoms with van der Waals surface area (Å²) in [6.45, 7) is 6.56. The maximum absolute atomic E-state index is 13.0. The number of rotatable bonds is 4. The van der Waals surface area contributed by atoms with Crippen LogP contribution in [-0.4, -0.2) is 6.61 Å². The third kappa shape index (κ3) is 3.51. The van der Waals surface area contributed by atoms with Gasteiger partial charge in [-0.15, -0.1) is 0 Å². The number of nitrogens with two attached hydrogens (primary N) is 1. The summed E-state index contributed by atoms with van der Waals surface area (Å²) < 4.78 is 18.6. The first-order chi connectivity index (χ1) is 7.00. The highest BCUT2D eigenvalue weighted by Crippen LogP contribution is 2.25. The van der Waals surface area contributed by atoms with Gasteiger partial charge >= 0.3 is 0 Å². The standard InChI is InChI=1S/C12H18FNO/c1-8(2)7-15-12-5-4-10(13)6-11(12)9(3)14/h4-6,8-9H,7,14H2,1-3H3. The van der Waals surface area contributed by atoms with Crippen LogP contribution in [0.4, 0.5) is 4.39 Å². The van der Waals surface area contributed by atoms with Crippen molar-refractivity contribution < 1.29 is 9.13 Å². The molecule has 0 saturated heterocycles. The first-order valence-electron chi connectivity index (χ1n) is 5.18. The summed E-state index contributed by atoms with van der Waals surface area (Å²) in [4.78, 5) is 0. The van der Waals surface area contributed by atoms with Crippen molar-refractivity contribution in [2.24, 2.45) is 11.7 Å². The summed E-state index contributed by atoms with van der Waals surface area (Å²) in [5.74, 6) is 0.843. The summed E-state index contributed by atoms with van der Waals surface area (Å²) in [6.07, 6.45) is 0.